The van der Waals surface area contributed by atoms with Crippen molar-refractivity contribution in [1.29, 1.82) is 0 Å². The fraction of sp³-hybridized carbons (Fsp3) is 0.818. The summed E-state index contributed by atoms with van der Waals surface area (Å²) in [4.78, 5) is 12.1. The molecular weight excluding hydrogens is 272 g/mol. The molecule has 1 fully saturated rings. The van der Waals surface area contributed by atoms with Gasteiger partial charge in [-0.2, -0.15) is 0 Å². The van der Waals surface area contributed by atoms with Gasteiger partial charge in [-0.1, -0.05) is 26.1 Å². The number of sulfonamides is 1. The first-order valence-corrected chi connectivity index (χ1v) is 7.66. The van der Waals surface area contributed by atoms with Crippen LogP contribution in [0.5, 0.6) is 0 Å². The molecule has 0 spiro atoms. The van der Waals surface area contributed by atoms with Gasteiger partial charge in [0.05, 0.1) is 4.99 Å². The molecule has 7 heteroatoms. The van der Waals surface area contributed by atoms with Crippen molar-refractivity contribution in [3.63, 3.8) is 0 Å². The van der Waals surface area contributed by atoms with Gasteiger partial charge >= 0.3 is 0 Å². The third-order valence-electron chi connectivity index (χ3n) is 3.51. The number of hydrogen-bond acceptors (Lipinski definition) is 4. The summed E-state index contributed by atoms with van der Waals surface area (Å²) in [5, 5.41) is 0. The number of amides is 1. The largest absolute Gasteiger partial charge is 0.393 e. The third-order valence-corrected chi connectivity index (χ3v) is 6.45. The second-order valence-corrected chi connectivity index (χ2v) is 8.60. The molecule has 0 bridgehead atoms. The topological polar surface area (TPSA) is 80.5 Å². The van der Waals surface area contributed by atoms with Crippen molar-refractivity contribution in [3.05, 3.63) is 0 Å². The van der Waals surface area contributed by atoms with Crippen molar-refractivity contribution in [2.75, 3.05) is 6.54 Å². The summed E-state index contributed by atoms with van der Waals surface area (Å²) in [6.07, 6.45) is 1.22. The molecular formula is C11H20N2O3S2. The summed E-state index contributed by atoms with van der Waals surface area (Å²) in [7, 11) is -3.47. The normalized spacial score (nSPS) is 21.6. The summed E-state index contributed by atoms with van der Waals surface area (Å²) in [6.45, 7) is 6.88. The van der Waals surface area contributed by atoms with Crippen molar-refractivity contribution < 1.29 is 13.2 Å². The molecule has 0 aliphatic carbocycles. The molecule has 1 rings (SSSR count). The molecule has 5 nitrogen and oxygen atoms in total. The van der Waals surface area contributed by atoms with Crippen molar-refractivity contribution in [2.24, 2.45) is 11.1 Å². The van der Waals surface area contributed by atoms with Crippen LogP contribution in [0.3, 0.4) is 0 Å². The number of thiocarbonyl (C=S) groups is 1. The molecule has 0 saturated carbocycles. The molecule has 1 saturated heterocycles. The van der Waals surface area contributed by atoms with Crippen LogP contribution in [0.25, 0.3) is 0 Å². The SMILES string of the molecule is CC(C)(CCCN1C(=O)C(C)(C)S1(=O)=O)C(N)=S. The Balaban J connectivity index is 2.58. The van der Waals surface area contributed by atoms with Crippen molar-refractivity contribution in [2.45, 2.75) is 45.3 Å². The van der Waals surface area contributed by atoms with Crippen LogP contribution in [0.1, 0.15) is 40.5 Å². The van der Waals surface area contributed by atoms with E-state index < -0.39 is 14.8 Å². The van der Waals surface area contributed by atoms with E-state index >= 15 is 0 Å². The molecule has 1 aliphatic rings. The number of carbonyl (C=O) groups excluding carboxylic acids is 1. The quantitative estimate of drug-likeness (QED) is 0.766. The molecule has 18 heavy (non-hydrogen) atoms. The second kappa shape index (κ2) is 4.45. The molecule has 1 aliphatic heterocycles. The highest BCUT2D eigenvalue weighted by Gasteiger charge is 2.59. The first kappa shape index (κ1) is 15.4. The van der Waals surface area contributed by atoms with Crippen molar-refractivity contribution in [1.82, 2.24) is 4.31 Å². The highest BCUT2D eigenvalue weighted by molar-refractivity contribution is 7.94. The Morgan fingerprint density at radius 3 is 2.33 bits per heavy atom. The molecule has 0 aromatic rings. The van der Waals surface area contributed by atoms with Crippen LogP contribution < -0.4 is 5.73 Å². The zero-order valence-corrected chi connectivity index (χ0v) is 12.8. The maximum Gasteiger partial charge on any atom is 0.258 e. The monoisotopic (exact) mass is 292 g/mol. The van der Waals surface area contributed by atoms with Gasteiger partial charge in [0.1, 0.15) is 0 Å². The fourth-order valence-corrected chi connectivity index (χ4v) is 3.43. The molecule has 0 unspecified atom stereocenters. The molecule has 0 aromatic heterocycles. The predicted octanol–water partition coefficient (Wildman–Crippen LogP) is 1.03. The van der Waals surface area contributed by atoms with Crippen LogP contribution >= 0.6 is 12.2 Å². The average molecular weight is 292 g/mol. The van der Waals surface area contributed by atoms with Gasteiger partial charge in [-0.15, -0.1) is 0 Å². The van der Waals surface area contributed by atoms with Gasteiger partial charge in [-0.05, 0) is 26.7 Å². The van der Waals surface area contributed by atoms with E-state index in [4.69, 9.17) is 18.0 Å². The Hall–Kier alpha value is -0.690. The van der Waals surface area contributed by atoms with Crippen molar-refractivity contribution >= 4 is 33.1 Å². The molecule has 1 heterocycles. The van der Waals surface area contributed by atoms with Crippen LogP contribution in [0, 0.1) is 5.41 Å². The van der Waals surface area contributed by atoms with Gasteiger partial charge in [-0.3, -0.25) is 4.79 Å². The summed E-state index contributed by atoms with van der Waals surface area (Å²) in [5.74, 6) is -0.337. The first-order valence-electron chi connectivity index (χ1n) is 5.81. The summed E-state index contributed by atoms with van der Waals surface area (Å²) in [6, 6.07) is 0. The maximum absolute atomic E-state index is 11.8. The van der Waals surface area contributed by atoms with E-state index in [0.717, 1.165) is 4.31 Å². The third kappa shape index (κ3) is 2.25. The molecule has 1 amide bonds. The highest BCUT2D eigenvalue weighted by atomic mass is 32.2. The molecule has 2 N–H and O–H groups in total. The van der Waals surface area contributed by atoms with Gasteiger partial charge in [0, 0.05) is 12.0 Å². The van der Waals surface area contributed by atoms with E-state index in [0.29, 0.717) is 17.8 Å². The van der Waals surface area contributed by atoms with Gasteiger partial charge < -0.3 is 5.73 Å². The van der Waals surface area contributed by atoms with Crippen LogP contribution in [-0.2, 0) is 14.8 Å². The first-order chi connectivity index (χ1) is 7.94. The van der Waals surface area contributed by atoms with Gasteiger partial charge in [0.15, 0.2) is 4.75 Å². The number of nitrogens with two attached hydrogens (primary N) is 1. The number of nitrogens with zero attached hydrogens (tertiary/aromatic N) is 1. The van der Waals surface area contributed by atoms with E-state index in [-0.39, 0.29) is 17.9 Å². The standard InChI is InChI=1S/C11H20N2O3S2/c1-10(2,8(12)17)6-5-7-13-9(14)11(3,4)18(13,15)16/h5-7H2,1-4H3,(H2,12,17). The zero-order valence-electron chi connectivity index (χ0n) is 11.2. The predicted molar refractivity (Wildman–Crippen MR) is 74.5 cm³/mol. The minimum Gasteiger partial charge on any atom is -0.393 e. The molecule has 0 aromatic carbocycles. The lowest BCUT2D eigenvalue weighted by Crippen LogP contribution is -2.67. The summed E-state index contributed by atoms with van der Waals surface area (Å²) in [5.41, 5.74) is 5.27. The summed E-state index contributed by atoms with van der Waals surface area (Å²) >= 11 is 4.94. The second-order valence-electron chi connectivity index (χ2n) is 5.74. The van der Waals surface area contributed by atoms with E-state index in [1.54, 1.807) is 0 Å². The minimum absolute atomic E-state index is 0.205. The Kier molecular flexibility index (Phi) is 3.80. The highest BCUT2D eigenvalue weighted by Crippen LogP contribution is 2.35. The lowest BCUT2D eigenvalue weighted by atomic mass is 9.88. The minimum atomic E-state index is -3.47. The molecule has 104 valence electrons. The smallest absolute Gasteiger partial charge is 0.258 e. The maximum atomic E-state index is 11.8. The Morgan fingerprint density at radius 1 is 1.44 bits per heavy atom. The number of carbonyl (C=O) groups is 1. The number of rotatable bonds is 5. The van der Waals surface area contributed by atoms with Gasteiger partial charge in [0.2, 0.25) is 0 Å². The van der Waals surface area contributed by atoms with Crippen LogP contribution in [0.4, 0.5) is 0 Å². The van der Waals surface area contributed by atoms with Crippen LogP contribution in [0.2, 0.25) is 0 Å². The summed E-state index contributed by atoms with van der Waals surface area (Å²) < 4.78 is 23.3. The van der Waals surface area contributed by atoms with Gasteiger partial charge in [0.25, 0.3) is 15.9 Å². The van der Waals surface area contributed by atoms with E-state index in [1.165, 1.54) is 13.8 Å². The Labute approximate surface area is 114 Å². The van der Waals surface area contributed by atoms with E-state index in [2.05, 4.69) is 0 Å². The van der Waals surface area contributed by atoms with E-state index in [1.807, 2.05) is 13.8 Å². The Morgan fingerprint density at radius 2 is 1.94 bits per heavy atom. The van der Waals surface area contributed by atoms with E-state index in [9.17, 15) is 13.2 Å². The fourth-order valence-electron chi connectivity index (χ4n) is 1.77. The molecule has 0 radical (unpaired) electrons. The Bertz CT molecular complexity index is 481. The average Bonchev–Trinajstić information content (AvgIpc) is 2.22. The van der Waals surface area contributed by atoms with Crippen LogP contribution in [-0.4, -0.2) is 34.9 Å². The lowest BCUT2D eigenvalue weighted by molar-refractivity contribution is -0.132. The number of hydrogen-bond donors (Lipinski definition) is 1. The lowest BCUT2D eigenvalue weighted by Gasteiger charge is -2.43. The van der Waals surface area contributed by atoms with Gasteiger partial charge in [-0.25, -0.2) is 12.7 Å². The molecule has 0 atom stereocenters. The zero-order chi connectivity index (χ0) is 14.4. The van der Waals surface area contributed by atoms with Crippen molar-refractivity contribution in [3.8, 4) is 0 Å². The van der Waals surface area contributed by atoms with Crippen LogP contribution in [0.15, 0.2) is 0 Å².